The molecule has 4 aromatic rings. The molecule has 0 atom stereocenters. The Kier molecular flexibility index (Phi) is 6.44. The molecule has 0 spiro atoms. The highest BCUT2D eigenvalue weighted by atomic mass is 35.5. The number of rotatable bonds is 5. The molecule has 1 amide bonds. The van der Waals surface area contributed by atoms with E-state index < -0.39 is 0 Å². The van der Waals surface area contributed by atoms with Gasteiger partial charge in [-0.25, -0.2) is 14.4 Å². The molecule has 1 aliphatic rings. The molecular weight excluding hydrogens is 489 g/mol. The summed E-state index contributed by atoms with van der Waals surface area (Å²) in [7, 11) is 1.54. The van der Waals surface area contributed by atoms with Crippen LogP contribution in [0.4, 0.5) is 21.6 Å². The summed E-state index contributed by atoms with van der Waals surface area (Å²) in [6.45, 7) is 4.59. The monoisotopic (exact) mass is 511 g/mol. The topological polar surface area (TPSA) is 70.6 Å². The van der Waals surface area contributed by atoms with Gasteiger partial charge >= 0.3 is 0 Å². The predicted molar refractivity (Wildman–Crippen MR) is 139 cm³/mol. The largest absolute Gasteiger partial charge is 0.495 e. The standard InChI is InChI=1S/C25H23ClFN5O2S/c1-15-21-23(32-11-9-31(10-12-32)19-6-4-3-5-17(19)27)28-14-29-25(21)35-22(15)24(33)30-18-13-16(26)7-8-20(18)34-2/h3-8,13-14H,9-12H2,1-2H3,(H,30,33). The second kappa shape index (κ2) is 9.67. The number of aryl methyl sites for hydroxylation is 1. The lowest BCUT2D eigenvalue weighted by Crippen LogP contribution is -2.47. The van der Waals surface area contributed by atoms with Crippen molar-refractivity contribution in [2.45, 2.75) is 6.92 Å². The van der Waals surface area contributed by atoms with Crippen LogP contribution in [0.5, 0.6) is 5.75 Å². The fraction of sp³-hybridized carbons (Fsp3) is 0.240. The molecule has 2 aromatic carbocycles. The molecule has 180 valence electrons. The van der Waals surface area contributed by atoms with Crippen molar-refractivity contribution in [3.8, 4) is 5.75 Å². The van der Waals surface area contributed by atoms with Crippen molar-refractivity contribution >= 4 is 56.3 Å². The molecule has 35 heavy (non-hydrogen) atoms. The average Bonchev–Trinajstić information content (AvgIpc) is 3.21. The number of carbonyl (C=O) groups is 1. The van der Waals surface area contributed by atoms with E-state index in [-0.39, 0.29) is 11.7 Å². The Morgan fingerprint density at radius 1 is 1.11 bits per heavy atom. The van der Waals surface area contributed by atoms with Gasteiger partial charge in [-0.2, -0.15) is 0 Å². The van der Waals surface area contributed by atoms with Crippen molar-refractivity contribution in [3.63, 3.8) is 0 Å². The number of carbonyl (C=O) groups excluding carboxylic acids is 1. The van der Waals surface area contributed by atoms with Gasteiger partial charge in [0.25, 0.3) is 5.91 Å². The van der Waals surface area contributed by atoms with Crippen molar-refractivity contribution in [3.05, 3.63) is 70.1 Å². The smallest absolute Gasteiger partial charge is 0.266 e. The van der Waals surface area contributed by atoms with E-state index in [9.17, 15) is 9.18 Å². The lowest BCUT2D eigenvalue weighted by Gasteiger charge is -2.37. The zero-order valence-corrected chi connectivity index (χ0v) is 20.8. The minimum Gasteiger partial charge on any atom is -0.495 e. The fourth-order valence-corrected chi connectivity index (χ4v) is 5.54. The van der Waals surface area contributed by atoms with E-state index in [4.69, 9.17) is 16.3 Å². The number of nitrogens with zero attached hydrogens (tertiary/aromatic N) is 4. The van der Waals surface area contributed by atoms with E-state index >= 15 is 0 Å². The number of methoxy groups -OCH3 is 1. The van der Waals surface area contributed by atoms with Gasteiger partial charge in [-0.15, -0.1) is 11.3 Å². The Morgan fingerprint density at radius 3 is 2.60 bits per heavy atom. The normalized spacial score (nSPS) is 13.8. The second-order valence-electron chi connectivity index (χ2n) is 8.16. The highest BCUT2D eigenvalue weighted by Crippen LogP contribution is 2.37. The molecule has 0 radical (unpaired) electrons. The Balaban J connectivity index is 1.40. The van der Waals surface area contributed by atoms with Gasteiger partial charge in [-0.3, -0.25) is 4.79 Å². The van der Waals surface area contributed by atoms with Crippen LogP contribution in [-0.4, -0.2) is 49.2 Å². The SMILES string of the molecule is COc1ccc(Cl)cc1NC(=O)c1sc2ncnc(N3CCN(c4ccccc4F)CC3)c2c1C. The van der Waals surface area contributed by atoms with Gasteiger partial charge in [0, 0.05) is 31.2 Å². The number of anilines is 3. The maximum atomic E-state index is 14.2. The van der Waals surface area contributed by atoms with Gasteiger partial charge in [0.2, 0.25) is 0 Å². The van der Waals surface area contributed by atoms with Gasteiger partial charge in [0.1, 0.15) is 28.5 Å². The lowest BCUT2D eigenvalue weighted by atomic mass is 10.1. The molecule has 2 aromatic heterocycles. The Labute approximate surface area is 211 Å². The van der Waals surface area contributed by atoms with Gasteiger partial charge < -0.3 is 19.9 Å². The van der Waals surface area contributed by atoms with Crippen LogP contribution in [0.1, 0.15) is 15.2 Å². The number of nitrogens with one attached hydrogen (secondary N) is 1. The Hall–Kier alpha value is -3.43. The summed E-state index contributed by atoms with van der Waals surface area (Å²) in [6.07, 6.45) is 1.53. The minimum absolute atomic E-state index is 0.217. The number of thiophene rings is 1. The Morgan fingerprint density at radius 2 is 1.86 bits per heavy atom. The van der Waals surface area contributed by atoms with Gasteiger partial charge in [-0.1, -0.05) is 23.7 Å². The number of hydrogen-bond acceptors (Lipinski definition) is 7. The van der Waals surface area contributed by atoms with Crippen LogP contribution < -0.4 is 19.9 Å². The summed E-state index contributed by atoms with van der Waals surface area (Å²) in [5, 5.41) is 4.26. The number of amides is 1. The zero-order chi connectivity index (χ0) is 24.5. The van der Waals surface area contributed by atoms with Crippen LogP contribution in [0, 0.1) is 12.7 Å². The third kappa shape index (κ3) is 4.49. The third-order valence-corrected chi connectivity index (χ3v) is 7.53. The number of para-hydroxylation sites is 1. The summed E-state index contributed by atoms with van der Waals surface area (Å²) >= 11 is 7.43. The first-order chi connectivity index (χ1) is 17.0. The van der Waals surface area contributed by atoms with E-state index in [1.54, 1.807) is 30.3 Å². The van der Waals surface area contributed by atoms with Crippen LogP contribution in [0.15, 0.2) is 48.8 Å². The van der Waals surface area contributed by atoms with Crippen LogP contribution in [-0.2, 0) is 0 Å². The van der Waals surface area contributed by atoms with Crippen molar-refractivity contribution < 1.29 is 13.9 Å². The highest BCUT2D eigenvalue weighted by molar-refractivity contribution is 7.20. The summed E-state index contributed by atoms with van der Waals surface area (Å²) in [5.74, 6) is 0.832. The number of fused-ring (bicyclic) bond motifs is 1. The first-order valence-corrected chi connectivity index (χ1v) is 12.3. The number of benzene rings is 2. The van der Waals surface area contributed by atoms with Crippen LogP contribution in [0.25, 0.3) is 10.2 Å². The van der Waals surface area contributed by atoms with E-state index in [0.29, 0.717) is 53.2 Å². The molecule has 1 saturated heterocycles. The fourth-order valence-electron chi connectivity index (χ4n) is 4.33. The van der Waals surface area contributed by atoms with E-state index in [1.807, 2.05) is 17.9 Å². The molecule has 3 heterocycles. The number of ether oxygens (including phenoxy) is 1. The first-order valence-electron chi connectivity index (χ1n) is 11.1. The maximum absolute atomic E-state index is 14.2. The molecule has 1 N–H and O–H groups in total. The number of piperazine rings is 1. The lowest BCUT2D eigenvalue weighted by molar-refractivity contribution is 0.102. The van der Waals surface area contributed by atoms with Crippen LogP contribution in [0.2, 0.25) is 5.02 Å². The third-order valence-electron chi connectivity index (χ3n) is 6.10. The van der Waals surface area contributed by atoms with Crippen molar-refractivity contribution in [2.75, 3.05) is 48.4 Å². The van der Waals surface area contributed by atoms with Gasteiger partial charge in [0.15, 0.2) is 0 Å². The molecule has 5 rings (SSSR count). The molecule has 1 aliphatic heterocycles. The van der Waals surface area contributed by atoms with Crippen molar-refractivity contribution in [1.29, 1.82) is 0 Å². The molecular formula is C25H23ClFN5O2S. The molecule has 10 heteroatoms. The maximum Gasteiger partial charge on any atom is 0.266 e. The molecule has 0 bridgehead atoms. The van der Waals surface area contributed by atoms with Crippen LogP contribution in [0.3, 0.4) is 0 Å². The van der Waals surface area contributed by atoms with Gasteiger partial charge in [-0.05, 0) is 42.8 Å². The van der Waals surface area contributed by atoms with Gasteiger partial charge in [0.05, 0.1) is 28.7 Å². The summed E-state index contributed by atoms with van der Waals surface area (Å²) in [4.78, 5) is 27.7. The van der Waals surface area contributed by atoms with Crippen molar-refractivity contribution in [1.82, 2.24) is 9.97 Å². The van der Waals surface area contributed by atoms with E-state index in [0.717, 1.165) is 21.6 Å². The average molecular weight is 512 g/mol. The van der Waals surface area contributed by atoms with Crippen LogP contribution >= 0.6 is 22.9 Å². The Bertz CT molecular complexity index is 1400. The summed E-state index contributed by atoms with van der Waals surface area (Å²) in [6, 6.07) is 11.9. The summed E-state index contributed by atoms with van der Waals surface area (Å²) < 4.78 is 19.6. The van der Waals surface area contributed by atoms with Crippen molar-refractivity contribution in [2.24, 2.45) is 0 Å². The highest BCUT2D eigenvalue weighted by Gasteiger charge is 2.25. The number of halogens is 2. The molecule has 0 unspecified atom stereocenters. The number of hydrogen-bond donors (Lipinski definition) is 1. The minimum atomic E-state index is -0.263. The quantitative estimate of drug-likeness (QED) is 0.388. The van der Waals surface area contributed by atoms with E-state index in [2.05, 4.69) is 20.2 Å². The summed E-state index contributed by atoms with van der Waals surface area (Å²) in [5.41, 5.74) is 1.93. The molecule has 1 fully saturated rings. The molecule has 7 nitrogen and oxygen atoms in total. The second-order valence-corrected chi connectivity index (χ2v) is 9.59. The predicted octanol–water partition coefficient (Wildman–Crippen LogP) is 5.38. The van der Waals surface area contributed by atoms with E-state index in [1.165, 1.54) is 30.8 Å². The molecule has 0 aliphatic carbocycles. The first kappa shape index (κ1) is 23.3. The molecule has 0 saturated carbocycles. The number of aromatic nitrogens is 2. The zero-order valence-electron chi connectivity index (χ0n) is 19.2.